The molecular formula is C23H21N5OS. The first-order valence-corrected chi connectivity index (χ1v) is 10.8. The van der Waals surface area contributed by atoms with Gasteiger partial charge in [0.2, 0.25) is 0 Å². The summed E-state index contributed by atoms with van der Waals surface area (Å²) in [4.78, 5) is 28.0. The summed E-state index contributed by atoms with van der Waals surface area (Å²) < 4.78 is 1.18. The second-order valence-electron chi connectivity index (χ2n) is 7.48. The molecule has 1 amide bonds. The molecule has 7 heteroatoms. The summed E-state index contributed by atoms with van der Waals surface area (Å²) in [5.41, 5.74) is 4.37. The fraction of sp³-hybridized carbons (Fsp3) is 0.217. The van der Waals surface area contributed by atoms with E-state index in [4.69, 9.17) is 4.98 Å². The van der Waals surface area contributed by atoms with Gasteiger partial charge in [0.15, 0.2) is 0 Å². The Morgan fingerprint density at radius 1 is 1.03 bits per heavy atom. The van der Waals surface area contributed by atoms with Gasteiger partial charge in [0.1, 0.15) is 22.8 Å². The Morgan fingerprint density at radius 2 is 1.83 bits per heavy atom. The predicted octanol–water partition coefficient (Wildman–Crippen LogP) is 4.91. The molecule has 0 radical (unpaired) electrons. The van der Waals surface area contributed by atoms with Crippen LogP contribution in [0.15, 0.2) is 54.9 Å². The highest BCUT2D eigenvalue weighted by atomic mass is 32.1. The van der Waals surface area contributed by atoms with Gasteiger partial charge in [-0.25, -0.2) is 15.0 Å². The van der Waals surface area contributed by atoms with Gasteiger partial charge in [-0.3, -0.25) is 4.79 Å². The Bertz CT molecular complexity index is 1210. The van der Waals surface area contributed by atoms with E-state index in [9.17, 15) is 4.79 Å². The van der Waals surface area contributed by atoms with E-state index in [-0.39, 0.29) is 5.91 Å². The van der Waals surface area contributed by atoms with Gasteiger partial charge in [-0.15, -0.1) is 11.3 Å². The SMILES string of the molecule is Cc1ccc2nc(-c3ccc(NC(=O)c4cc(N5CCCC5)ncn4)cc3)sc2c1. The lowest BCUT2D eigenvalue weighted by Gasteiger charge is -2.16. The minimum absolute atomic E-state index is 0.235. The number of amides is 1. The Labute approximate surface area is 178 Å². The van der Waals surface area contributed by atoms with Crippen molar-refractivity contribution < 1.29 is 4.79 Å². The molecule has 0 bridgehead atoms. The molecule has 3 heterocycles. The van der Waals surface area contributed by atoms with Crippen LogP contribution in [0.25, 0.3) is 20.8 Å². The normalized spacial score (nSPS) is 13.7. The fourth-order valence-electron chi connectivity index (χ4n) is 3.64. The van der Waals surface area contributed by atoms with Crippen LogP contribution in [0.3, 0.4) is 0 Å². The lowest BCUT2D eigenvalue weighted by atomic mass is 10.2. The first kappa shape index (κ1) is 18.7. The first-order valence-electron chi connectivity index (χ1n) is 10.0. The van der Waals surface area contributed by atoms with Crippen molar-refractivity contribution in [2.24, 2.45) is 0 Å². The number of rotatable bonds is 4. The molecule has 0 atom stereocenters. The van der Waals surface area contributed by atoms with Crippen LogP contribution in [-0.4, -0.2) is 33.9 Å². The monoisotopic (exact) mass is 415 g/mol. The van der Waals surface area contributed by atoms with Gasteiger partial charge < -0.3 is 10.2 Å². The lowest BCUT2D eigenvalue weighted by molar-refractivity contribution is 0.102. The molecule has 150 valence electrons. The Kier molecular flexibility index (Phi) is 4.88. The Balaban J connectivity index is 1.32. The number of carbonyl (C=O) groups is 1. The number of nitrogens with one attached hydrogen (secondary N) is 1. The van der Waals surface area contributed by atoms with Crippen LogP contribution in [0.1, 0.15) is 28.9 Å². The van der Waals surface area contributed by atoms with Gasteiger partial charge in [0, 0.05) is 30.4 Å². The number of carbonyl (C=O) groups excluding carboxylic acids is 1. The Hall–Kier alpha value is -3.32. The molecule has 2 aromatic heterocycles. The number of fused-ring (bicyclic) bond motifs is 1. The van der Waals surface area contributed by atoms with E-state index in [1.807, 2.05) is 24.3 Å². The molecule has 1 fully saturated rings. The second-order valence-corrected chi connectivity index (χ2v) is 8.51. The third kappa shape index (κ3) is 3.76. The van der Waals surface area contributed by atoms with Crippen LogP contribution in [0.2, 0.25) is 0 Å². The van der Waals surface area contributed by atoms with Crippen molar-refractivity contribution in [1.82, 2.24) is 15.0 Å². The van der Waals surface area contributed by atoms with Crippen molar-refractivity contribution in [3.05, 3.63) is 66.1 Å². The van der Waals surface area contributed by atoms with Crippen LogP contribution in [0, 0.1) is 6.92 Å². The number of nitrogens with zero attached hydrogens (tertiary/aromatic N) is 4. The van der Waals surface area contributed by atoms with Gasteiger partial charge in [0.25, 0.3) is 5.91 Å². The van der Waals surface area contributed by atoms with Crippen molar-refractivity contribution in [1.29, 1.82) is 0 Å². The molecule has 1 aliphatic heterocycles. The molecule has 30 heavy (non-hydrogen) atoms. The third-order valence-corrected chi connectivity index (χ3v) is 6.32. The van der Waals surface area contributed by atoms with Crippen molar-refractivity contribution in [2.45, 2.75) is 19.8 Å². The van der Waals surface area contributed by atoms with Crippen LogP contribution in [0.5, 0.6) is 0 Å². The minimum atomic E-state index is -0.235. The highest BCUT2D eigenvalue weighted by Gasteiger charge is 2.16. The summed E-state index contributed by atoms with van der Waals surface area (Å²) in [5, 5.41) is 3.90. The molecule has 1 N–H and O–H groups in total. The smallest absolute Gasteiger partial charge is 0.274 e. The second kappa shape index (κ2) is 7.84. The summed E-state index contributed by atoms with van der Waals surface area (Å²) in [6, 6.07) is 15.8. The van der Waals surface area contributed by atoms with Gasteiger partial charge in [0.05, 0.1) is 10.2 Å². The number of aryl methyl sites for hydroxylation is 1. The molecule has 0 aliphatic carbocycles. The van der Waals surface area contributed by atoms with Crippen molar-refractivity contribution in [2.75, 3.05) is 23.3 Å². The number of hydrogen-bond donors (Lipinski definition) is 1. The van der Waals surface area contributed by atoms with Crippen molar-refractivity contribution in [3.63, 3.8) is 0 Å². The van der Waals surface area contributed by atoms with Crippen LogP contribution in [0.4, 0.5) is 11.5 Å². The van der Waals surface area contributed by atoms with Crippen LogP contribution < -0.4 is 10.2 Å². The maximum Gasteiger partial charge on any atom is 0.274 e. The Morgan fingerprint density at radius 3 is 2.63 bits per heavy atom. The van der Waals surface area contributed by atoms with E-state index in [0.717, 1.165) is 53.5 Å². The molecule has 0 spiro atoms. The highest BCUT2D eigenvalue weighted by molar-refractivity contribution is 7.21. The summed E-state index contributed by atoms with van der Waals surface area (Å²) in [7, 11) is 0. The van der Waals surface area contributed by atoms with E-state index in [0.29, 0.717) is 5.69 Å². The molecule has 0 saturated carbocycles. The van der Waals surface area contributed by atoms with Crippen molar-refractivity contribution >= 4 is 39.0 Å². The molecule has 5 rings (SSSR count). The van der Waals surface area contributed by atoms with E-state index >= 15 is 0 Å². The lowest BCUT2D eigenvalue weighted by Crippen LogP contribution is -2.21. The number of hydrogen-bond acceptors (Lipinski definition) is 6. The summed E-state index contributed by atoms with van der Waals surface area (Å²) in [6.45, 7) is 4.04. The number of aromatic nitrogens is 3. The van der Waals surface area contributed by atoms with Crippen LogP contribution in [-0.2, 0) is 0 Å². The largest absolute Gasteiger partial charge is 0.357 e. The standard InChI is InChI=1S/C23H21N5OS/c1-15-4-9-18-20(12-15)30-23(27-18)16-5-7-17(8-6-16)26-22(29)19-13-21(25-14-24-19)28-10-2-3-11-28/h4-9,12-14H,2-3,10-11H2,1H3,(H,26,29). The molecule has 6 nitrogen and oxygen atoms in total. The predicted molar refractivity (Wildman–Crippen MR) is 121 cm³/mol. The van der Waals surface area contributed by atoms with Crippen molar-refractivity contribution in [3.8, 4) is 10.6 Å². The van der Waals surface area contributed by atoms with E-state index in [2.05, 4.69) is 45.3 Å². The van der Waals surface area contributed by atoms with Gasteiger partial charge in [-0.1, -0.05) is 6.07 Å². The zero-order valence-corrected chi connectivity index (χ0v) is 17.4. The van der Waals surface area contributed by atoms with Gasteiger partial charge in [-0.2, -0.15) is 0 Å². The summed E-state index contributed by atoms with van der Waals surface area (Å²) in [6.07, 6.45) is 3.78. The summed E-state index contributed by atoms with van der Waals surface area (Å²) >= 11 is 1.67. The van der Waals surface area contributed by atoms with Gasteiger partial charge >= 0.3 is 0 Å². The molecule has 1 aliphatic rings. The average molecular weight is 416 g/mol. The number of thiazole rings is 1. The van der Waals surface area contributed by atoms with Gasteiger partial charge in [-0.05, 0) is 61.7 Å². The minimum Gasteiger partial charge on any atom is -0.357 e. The zero-order chi connectivity index (χ0) is 20.5. The number of anilines is 2. The highest BCUT2D eigenvalue weighted by Crippen LogP contribution is 2.31. The molecular weight excluding hydrogens is 394 g/mol. The number of benzene rings is 2. The zero-order valence-electron chi connectivity index (χ0n) is 16.6. The molecule has 4 aromatic rings. The molecule has 0 unspecified atom stereocenters. The first-order chi connectivity index (χ1) is 14.7. The molecule has 2 aromatic carbocycles. The summed E-state index contributed by atoms with van der Waals surface area (Å²) in [5.74, 6) is 0.579. The fourth-order valence-corrected chi connectivity index (χ4v) is 4.71. The topological polar surface area (TPSA) is 71.0 Å². The van der Waals surface area contributed by atoms with Crippen LogP contribution >= 0.6 is 11.3 Å². The average Bonchev–Trinajstić information content (AvgIpc) is 3.44. The molecule has 1 saturated heterocycles. The quantitative estimate of drug-likeness (QED) is 0.513. The maximum absolute atomic E-state index is 12.7. The van der Waals surface area contributed by atoms with E-state index < -0.39 is 0 Å². The third-order valence-electron chi connectivity index (χ3n) is 5.25. The van der Waals surface area contributed by atoms with E-state index in [1.54, 1.807) is 17.4 Å². The maximum atomic E-state index is 12.7. The van der Waals surface area contributed by atoms with E-state index in [1.165, 1.54) is 16.6 Å².